The van der Waals surface area contributed by atoms with Crippen LogP contribution in [0.5, 0.6) is 11.5 Å². The maximum atomic E-state index is 12.5. The lowest BCUT2D eigenvalue weighted by atomic mass is 9.78. The van der Waals surface area contributed by atoms with Gasteiger partial charge in [0.05, 0.1) is 19.8 Å². The van der Waals surface area contributed by atoms with Crippen LogP contribution in [-0.2, 0) is 29.2 Å². The molecule has 2 saturated heterocycles. The molecule has 2 aliphatic rings. The molecule has 0 radical (unpaired) electrons. The van der Waals surface area contributed by atoms with Crippen molar-refractivity contribution in [1.29, 1.82) is 0 Å². The van der Waals surface area contributed by atoms with Crippen LogP contribution < -0.4 is 4.74 Å². The molecule has 2 heterocycles. The number of ether oxygens (including phenoxy) is 4. The molecule has 3 unspecified atom stereocenters. The van der Waals surface area contributed by atoms with Crippen LogP contribution in [-0.4, -0.2) is 59.8 Å². The second-order valence-electron chi connectivity index (χ2n) is 9.06. The predicted molar refractivity (Wildman–Crippen MR) is 126 cm³/mol. The normalized spacial score (nSPS) is 21.1. The van der Waals surface area contributed by atoms with Gasteiger partial charge in [-0.3, -0.25) is 0 Å². The largest absolute Gasteiger partial charge is 0.508 e. The number of benzene rings is 2. The molecule has 8 nitrogen and oxygen atoms in total. The van der Waals surface area contributed by atoms with Crippen molar-refractivity contribution in [3.8, 4) is 11.5 Å². The minimum Gasteiger partial charge on any atom is -0.508 e. The molecule has 2 aromatic rings. The van der Waals surface area contributed by atoms with Gasteiger partial charge in [-0.2, -0.15) is 0 Å². The highest BCUT2D eigenvalue weighted by molar-refractivity contribution is 5.84. The van der Waals surface area contributed by atoms with Gasteiger partial charge in [0, 0.05) is 17.6 Å². The lowest BCUT2D eigenvalue weighted by Gasteiger charge is -2.26. The van der Waals surface area contributed by atoms with E-state index in [-0.39, 0.29) is 23.9 Å². The fourth-order valence-electron chi connectivity index (χ4n) is 3.70. The highest BCUT2D eigenvalue weighted by atomic mass is 16.6. The first kappa shape index (κ1) is 24.7. The molecular weight excluding hydrogens is 452 g/mol. The summed E-state index contributed by atoms with van der Waals surface area (Å²) in [6.07, 6.45) is 4.59. The summed E-state index contributed by atoms with van der Waals surface area (Å²) in [6.45, 7) is 5.35. The van der Waals surface area contributed by atoms with Crippen molar-refractivity contribution in [3.05, 3.63) is 84.0 Å². The van der Waals surface area contributed by atoms with Gasteiger partial charge in [-0.1, -0.05) is 38.1 Å². The molecule has 0 amide bonds. The van der Waals surface area contributed by atoms with Crippen molar-refractivity contribution < 1.29 is 38.7 Å². The van der Waals surface area contributed by atoms with E-state index in [2.05, 4.69) is 13.8 Å². The Bertz CT molecular complexity index is 1110. The predicted octanol–water partition coefficient (Wildman–Crippen LogP) is 3.37. The number of rotatable bonds is 11. The fourth-order valence-corrected chi connectivity index (χ4v) is 3.70. The van der Waals surface area contributed by atoms with Gasteiger partial charge in [0.2, 0.25) is 0 Å². The van der Waals surface area contributed by atoms with Crippen LogP contribution in [0, 0.1) is 0 Å². The van der Waals surface area contributed by atoms with E-state index < -0.39 is 23.6 Å². The number of epoxide rings is 2. The Morgan fingerprint density at radius 3 is 2.09 bits per heavy atom. The summed E-state index contributed by atoms with van der Waals surface area (Å²) < 4.78 is 21.9. The summed E-state index contributed by atoms with van der Waals surface area (Å²) in [5.41, 5.74) is 0.519. The van der Waals surface area contributed by atoms with Gasteiger partial charge in [-0.15, -0.1) is 0 Å². The summed E-state index contributed by atoms with van der Waals surface area (Å²) >= 11 is 0. The Balaban J connectivity index is 1.44. The third-order valence-corrected chi connectivity index (χ3v) is 6.11. The van der Waals surface area contributed by atoms with Crippen LogP contribution in [0.15, 0.2) is 72.8 Å². The zero-order valence-corrected chi connectivity index (χ0v) is 19.5. The van der Waals surface area contributed by atoms with E-state index in [1.807, 2.05) is 24.3 Å². The Morgan fingerprint density at radius 2 is 1.54 bits per heavy atom. The minimum atomic E-state index is -1.21. The van der Waals surface area contributed by atoms with Crippen molar-refractivity contribution in [2.75, 3.05) is 19.8 Å². The van der Waals surface area contributed by atoms with Gasteiger partial charge in [-0.25, -0.2) is 9.59 Å². The summed E-state index contributed by atoms with van der Waals surface area (Å²) in [5.74, 6) is -1.18. The summed E-state index contributed by atoms with van der Waals surface area (Å²) in [6, 6.07) is 14.3. The first-order valence-corrected chi connectivity index (χ1v) is 11.3. The molecule has 4 rings (SSSR count). The number of carbonyl (C=O) groups is 2. The van der Waals surface area contributed by atoms with Crippen molar-refractivity contribution >= 4 is 11.9 Å². The van der Waals surface area contributed by atoms with Crippen LogP contribution in [0.25, 0.3) is 0 Å². The van der Waals surface area contributed by atoms with E-state index in [4.69, 9.17) is 24.1 Å². The number of carboxylic acid groups (broad SMARTS) is 1. The average Bonchev–Trinajstić information content (AvgIpc) is 3.74. The first-order chi connectivity index (χ1) is 16.7. The van der Waals surface area contributed by atoms with Crippen LogP contribution in [0.2, 0.25) is 0 Å². The second-order valence-corrected chi connectivity index (χ2v) is 9.06. The van der Waals surface area contributed by atoms with Gasteiger partial charge in [0.25, 0.3) is 0 Å². The molecule has 3 atom stereocenters. The molecule has 2 N–H and O–H groups in total. The summed E-state index contributed by atoms with van der Waals surface area (Å²) in [4.78, 5) is 23.6. The van der Waals surface area contributed by atoms with Crippen molar-refractivity contribution in [2.45, 2.75) is 37.1 Å². The maximum absolute atomic E-state index is 12.5. The van der Waals surface area contributed by atoms with E-state index in [9.17, 15) is 14.7 Å². The number of phenols is 1. The van der Waals surface area contributed by atoms with E-state index in [0.29, 0.717) is 19.0 Å². The average molecular weight is 481 g/mol. The number of hydrogen-bond acceptors (Lipinski definition) is 7. The van der Waals surface area contributed by atoms with Crippen LogP contribution in [0.1, 0.15) is 25.0 Å². The van der Waals surface area contributed by atoms with E-state index in [1.54, 1.807) is 24.3 Å². The Kier molecular flexibility index (Phi) is 7.07. The third kappa shape index (κ3) is 6.36. The molecule has 0 spiro atoms. The van der Waals surface area contributed by atoms with Crippen LogP contribution in [0.3, 0.4) is 0 Å². The SMILES string of the molecule is CC(C)(c1ccc(O)cc1)c1ccc(OC(=O)C=CC(C=CC(=O)O)(OCC2CO2)C2CO2)cc1. The molecule has 0 bridgehead atoms. The molecule has 0 aliphatic carbocycles. The van der Waals surface area contributed by atoms with Crippen molar-refractivity contribution in [1.82, 2.24) is 0 Å². The Labute approximate surface area is 203 Å². The molecule has 0 aromatic heterocycles. The molecular formula is C27H28O8. The maximum Gasteiger partial charge on any atom is 0.335 e. The Morgan fingerprint density at radius 1 is 0.971 bits per heavy atom. The van der Waals surface area contributed by atoms with E-state index in [1.165, 1.54) is 18.2 Å². The molecule has 0 saturated carbocycles. The fraction of sp³-hybridized carbons (Fsp3) is 0.333. The highest BCUT2D eigenvalue weighted by Gasteiger charge is 2.46. The minimum absolute atomic E-state index is 0.0453. The van der Waals surface area contributed by atoms with E-state index in [0.717, 1.165) is 17.2 Å². The number of aliphatic carboxylic acids is 1. The van der Waals surface area contributed by atoms with Gasteiger partial charge >= 0.3 is 11.9 Å². The second kappa shape index (κ2) is 10.0. The lowest BCUT2D eigenvalue weighted by Crippen LogP contribution is -2.36. The van der Waals surface area contributed by atoms with Gasteiger partial charge in [0.15, 0.2) is 0 Å². The number of phenolic OH excluding ortho intramolecular Hbond substituents is 1. The lowest BCUT2D eigenvalue weighted by molar-refractivity contribution is -0.131. The highest BCUT2D eigenvalue weighted by Crippen LogP contribution is 2.34. The quantitative estimate of drug-likeness (QED) is 0.218. The number of aromatic hydroxyl groups is 1. The van der Waals surface area contributed by atoms with E-state index >= 15 is 0 Å². The number of hydrogen-bond donors (Lipinski definition) is 2. The molecule has 184 valence electrons. The topological polar surface area (TPSA) is 118 Å². The monoisotopic (exact) mass is 480 g/mol. The summed E-state index contributed by atoms with van der Waals surface area (Å²) in [7, 11) is 0. The zero-order valence-electron chi connectivity index (χ0n) is 19.5. The third-order valence-electron chi connectivity index (χ3n) is 6.11. The standard InChI is InChI=1S/C27H28O8/c1-26(2,18-3-7-20(28)8-4-18)19-5-9-21(10-6-19)35-25(31)12-14-27(23-17-33-23,13-11-24(29)30)34-16-22-15-32-22/h3-14,22-23,28H,15-17H2,1-2H3,(H,29,30). The molecule has 2 fully saturated rings. The molecule has 8 heteroatoms. The number of carbonyl (C=O) groups excluding carboxylic acids is 1. The van der Waals surface area contributed by atoms with Gasteiger partial charge in [-0.05, 0) is 47.5 Å². The number of esters is 1. The van der Waals surface area contributed by atoms with Crippen LogP contribution in [0.4, 0.5) is 0 Å². The van der Waals surface area contributed by atoms with Gasteiger partial charge < -0.3 is 29.2 Å². The first-order valence-electron chi connectivity index (χ1n) is 11.3. The Hall–Kier alpha value is -3.46. The van der Waals surface area contributed by atoms with Crippen molar-refractivity contribution in [3.63, 3.8) is 0 Å². The summed E-state index contributed by atoms with van der Waals surface area (Å²) in [5, 5.41) is 18.6. The molecule has 2 aliphatic heterocycles. The zero-order chi connectivity index (χ0) is 25.1. The van der Waals surface area contributed by atoms with Crippen LogP contribution >= 0.6 is 0 Å². The smallest absolute Gasteiger partial charge is 0.335 e. The van der Waals surface area contributed by atoms with Crippen molar-refractivity contribution in [2.24, 2.45) is 0 Å². The molecule has 35 heavy (non-hydrogen) atoms. The number of carboxylic acids is 1. The van der Waals surface area contributed by atoms with Gasteiger partial charge in [0.1, 0.15) is 29.3 Å². The molecule has 2 aromatic carbocycles.